The van der Waals surface area contributed by atoms with Crippen molar-refractivity contribution < 1.29 is 12.9 Å². The van der Waals surface area contributed by atoms with Gasteiger partial charge in [-0.3, -0.25) is 0 Å². The van der Waals surface area contributed by atoms with E-state index in [1.54, 1.807) is 12.3 Å². The molecule has 0 aromatic carbocycles. The molecule has 9 heteroatoms. The van der Waals surface area contributed by atoms with Crippen molar-refractivity contribution in [3.63, 3.8) is 0 Å². The van der Waals surface area contributed by atoms with Gasteiger partial charge in [0.1, 0.15) is 4.21 Å². The monoisotopic (exact) mass is 288 g/mol. The van der Waals surface area contributed by atoms with Crippen molar-refractivity contribution in [1.82, 2.24) is 14.9 Å². The molecule has 0 spiro atoms. The van der Waals surface area contributed by atoms with E-state index < -0.39 is 10.0 Å². The number of aryl methyl sites for hydroxylation is 1. The lowest BCUT2D eigenvalue weighted by Crippen LogP contribution is -2.25. The Labute approximate surface area is 108 Å². The third-order valence-corrected chi connectivity index (χ3v) is 4.98. The largest absolute Gasteiger partial charge is 0.398 e. The average Bonchev–Trinajstić information content (AvgIpc) is 2.88. The van der Waals surface area contributed by atoms with Gasteiger partial charge in [-0.25, -0.2) is 13.1 Å². The molecule has 0 aliphatic rings. The van der Waals surface area contributed by atoms with Gasteiger partial charge in [-0.05, 0) is 13.0 Å². The Morgan fingerprint density at radius 1 is 1.56 bits per heavy atom. The van der Waals surface area contributed by atoms with Gasteiger partial charge in [0.15, 0.2) is 5.82 Å². The second-order valence-electron chi connectivity index (χ2n) is 3.58. The van der Waals surface area contributed by atoms with Crippen LogP contribution >= 0.6 is 11.3 Å². The van der Waals surface area contributed by atoms with Crippen molar-refractivity contribution in [2.75, 3.05) is 12.3 Å². The SMILES string of the molecule is Cc1noc(CCNS(=O)(=O)c2cc(N)cs2)n1. The fraction of sp³-hybridized carbons (Fsp3) is 0.333. The van der Waals surface area contributed by atoms with E-state index in [-0.39, 0.29) is 10.8 Å². The van der Waals surface area contributed by atoms with Crippen molar-refractivity contribution in [3.05, 3.63) is 23.2 Å². The highest BCUT2D eigenvalue weighted by molar-refractivity contribution is 7.91. The average molecular weight is 288 g/mol. The Hall–Kier alpha value is -1.45. The summed E-state index contributed by atoms with van der Waals surface area (Å²) in [6.07, 6.45) is 0.348. The van der Waals surface area contributed by atoms with Crippen molar-refractivity contribution in [3.8, 4) is 0 Å². The van der Waals surface area contributed by atoms with Crippen molar-refractivity contribution in [1.29, 1.82) is 0 Å². The fourth-order valence-corrected chi connectivity index (χ4v) is 3.43. The number of anilines is 1. The number of hydrogen-bond acceptors (Lipinski definition) is 7. The van der Waals surface area contributed by atoms with Crippen LogP contribution in [0.25, 0.3) is 0 Å². The predicted molar refractivity (Wildman–Crippen MR) is 66.7 cm³/mol. The highest BCUT2D eigenvalue weighted by Crippen LogP contribution is 2.21. The van der Waals surface area contributed by atoms with E-state index in [2.05, 4.69) is 14.9 Å². The first-order valence-corrected chi connectivity index (χ1v) is 7.46. The number of nitrogens with zero attached hydrogens (tertiary/aromatic N) is 2. The van der Waals surface area contributed by atoms with Crippen LogP contribution in [0.15, 0.2) is 20.2 Å². The van der Waals surface area contributed by atoms with E-state index in [1.165, 1.54) is 6.07 Å². The number of nitrogen functional groups attached to an aromatic ring is 1. The van der Waals surface area contributed by atoms with Crippen LogP contribution in [0.3, 0.4) is 0 Å². The molecule has 2 rings (SSSR count). The maximum Gasteiger partial charge on any atom is 0.250 e. The number of nitrogens with two attached hydrogens (primary N) is 1. The summed E-state index contributed by atoms with van der Waals surface area (Å²) in [5.74, 6) is 0.930. The number of aromatic nitrogens is 2. The summed E-state index contributed by atoms with van der Waals surface area (Å²) < 4.78 is 31.2. The summed E-state index contributed by atoms with van der Waals surface area (Å²) in [6.45, 7) is 1.90. The molecule has 98 valence electrons. The van der Waals surface area contributed by atoms with Crippen LogP contribution in [0.1, 0.15) is 11.7 Å². The third-order valence-electron chi connectivity index (χ3n) is 2.06. The van der Waals surface area contributed by atoms with Crippen LogP contribution < -0.4 is 10.5 Å². The predicted octanol–water partition coefficient (Wildman–Crippen LogP) is 0.543. The molecule has 2 aromatic heterocycles. The van der Waals surface area contributed by atoms with E-state index in [1.807, 2.05) is 0 Å². The molecular weight excluding hydrogens is 276 g/mol. The van der Waals surface area contributed by atoms with Crippen LogP contribution in [-0.2, 0) is 16.4 Å². The minimum atomic E-state index is -3.50. The Kier molecular flexibility index (Phi) is 3.64. The van der Waals surface area contributed by atoms with Gasteiger partial charge in [0.25, 0.3) is 0 Å². The summed E-state index contributed by atoms with van der Waals surface area (Å²) in [5.41, 5.74) is 5.92. The maximum absolute atomic E-state index is 11.8. The van der Waals surface area contributed by atoms with Gasteiger partial charge in [0, 0.05) is 24.0 Å². The maximum atomic E-state index is 11.8. The molecule has 18 heavy (non-hydrogen) atoms. The first-order chi connectivity index (χ1) is 8.47. The molecule has 7 nitrogen and oxygen atoms in total. The zero-order chi connectivity index (χ0) is 13.2. The fourth-order valence-electron chi connectivity index (χ4n) is 1.28. The van der Waals surface area contributed by atoms with Crippen LogP contribution in [0.2, 0.25) is 0 Å². The second-order valence-corrected chi connectivity index (χ2v) is 6.49. The summed E-state index contributed by atoms with van der Waals surface area (Å²) in [5, 5.41) is 5.19. The second kappa shape index (κ2) is 5.04. The van der Waals surface area contributed by atoms with E-state index in [0.29, 0.717) is 23.8 Å². The van der Waals surface area contributed by atoms with Gasteiger partial charge in [0.05, 0.1) is 0 Å². The number of sulfonamides is 1. The molecule has 0 unspecified atom stereocenters. The number of nitrogens with one attached hydrogen (secondary N) is 1. The van der Waals surface area contributed by atoms with Gasteiger partial charge in [-0.15, -0.1) is 11.3 Å². The normalized spacial score (nSPS) is 11.8. The topological polar surface area (TPSA) is 111 Å². The van der Waals surface area contributed by atoms with Crippen molar-refractivity contribution in [2.45, 2.75) is 17.6 Å². The molecule has 0 aliphatic heterocycles. The standard InChI is InChI=1S/C9H12N4O3S2/c1-6-12-8(16-13-6)2-3-11-18(14,15)9-4-7(10)5-17-9/h4-5,11H,2-3,10H2,1H3. The highest BCUT2D eigenvalue weighted by atomic mass is 32.2. The summed E-state index contributed by atoms with van der Waals surface area (Å²) in [7, 11) is -3.50. The van der Waals surface area contributed by atoms with Crippen LogP contribution in [0.5, 0.6) is 0 Å². The molecule has 0 atom stereocenters. The lowest BCUT2D eigenvalue weighted by atomic mass is 10.4. The lowest BCUT2D eigenvalue weighted by molar-refractivity contribution is 0.375. The molecule has 0 fully saturated rings. The first kappa shape index (κ1) is 13.0. The van der Waals surface area contributed by atoms with E-state index in [4.69, 9.17) is 10.3 Å². The van der Waals surface area contributed by atoms with Crippen molar-refractivity contribution >= 4 is 27.0 Å². The third kappa shape index (κ3) is 3.06. The van der Waals surface area contributed by atoms with Gasteiger partial charge in [0.2, 0.25) is 15.9 Å². The Morgan fingerprint density at radius 3 is 2.89 bits per heavy atom. The molecule has 0 saturated carbocycles. The zero-order valence-corrected chi connectivity index (χ0v) is 11.2. The van der Waals surface area contributed by atoms with Gasteiger partial charge >= 0.3 is 0 Å². The zero-order valence-electron chi connectivity index (χ0n) is 9.58. The summed E-state index contributed by atoms with van der Waals surface area (Å²) in [4.78, 5) is 3.98. The smallest absolute Gasteiger partial charge is 0.250 e. The van der Waals surface area contributed by atoms with Crippen LogP contribution in [0, 0.1) is 6.92 Å². The molecule has 2 aromatic rings. The number of thiophene rings is 1. The van der Waals surface area contributed by atoms with Crippen molar-refractivity contribution in [2.24, 2.45) is 0 Å². The molecule has 2 heterocycles. The summed E-state index contributed by atoms with van der Waals surface area (Å²) >= 11 is 1.08. The lowest BCUT2D eigenvalue weighted by Gasteiger charge is -2.02. The molecule has 0 bridgehead atoms. The van der Waals surface area contributed by atoms with Crippen LogP contribution in [0.4, 0.5) is 5.69 Å². The Morgan fingerprint density at radius 2 is 2.33 bits per heavy atom. The van der Waals surface area contributed by atoms with E-state index >= 15 is 0 Å². The molecule has 0 radical (unpaired) electrons. The Bertz CT molecular complexity index is 632. The molecule has 3 N–H and O–H groups in total. The van der Waals surface area contributed by atoms with Gasteiger partial charge in [-0.1, -0.05) is 5.16 Å². The number of hydrogen-bond donors (Lipinski definition) is 2. The molecular formula is C9H12N4O3S2. The first-order valence-electron chi connectivity index (χ1n) is 5.10. The highest BCUT2D eigenvalue weighted by Gasteiger charge is 2.16. The minimum Gasteiger partial charge on any atom is -0.398 e. The summed E-state index contributed by atoms with van der Waals surface area (Å²) in [6, 6.07) is 1.42. The van der Waals surface area contributed by atoms with Gasteiger partial charge < -0.3 is 10.3 Å². The minimum absolute atomic E-state index is 0.196. The van der Waals surface area contributed by atoms with Gasteiger partial charge in [-0.2, -0.15) is 4.98 Å². The van der Waals surface area contributed by atoms with E-state index in [0.717, 1.165) is 11.3 Å². The quantitative estimate of drug-likeness (QED) is 0.830. The van der Waals surface area contributed by atoms with E-state index in [9.17, 15) is 8.42 Å². The molecule has 0 saturated heterocycles. The van der Waals surface area contributed by atoms with Crippen LogP contribution in [-0.4, -0.2) is 25.1 Å². The Balaban J connectivity index is 1.93. The molecule has 0 amide bonds. The number of rotatable bonds is 5. The molecule has 0 aliphatic carbocycles.